The molecule has 0 saturated carbocycles. The molecule has 1 fully saturated rings. The normalized spacial score (nSPS) is 18.8. The molecule has 36 heavy (non-hydrogen) atoms. The van der Waals surface area contributed by atoms with Gasteiger partial charge in [0.1, 0.15) is 17.7 Å². The number of esters is 1. The average molecular weight is 491 g/mol. The third kappa shape index (κ3) is 6.49. The molecular formula is C29H31FN2O4. The number of phenolic OH excluding ortho intramolecular Hbond substituents is 1. The Bertz CT molecular complexity index is 1170. The molecule has 0 bridgehead atoms. The summed E-state index contributed by atoms with van der Waals surface area (Å²) in [4.78, 5) is 28.2. The van der Waals surface area contributed by atoms with Crippen molar-refractivity contribution in [3.63, 3.8) is 0 Å². The Morgan fingerprint density at radius 2 is 1.83 bits per heavy atom. The molecule has 7 heteroatoms. The largest absolute Gasteiger partial charge is 0.508 e. The Kier molecular flexibility index (Phi) is 8.33. The van der Waals surface area contributed by atoms with Crippen molar-refractivity contribution in [2.45, 2.75) is 31.9 Å². The fourth-order valence-electron chi connectivity index (χ4n) is 4.60. The Labute approximate surface area is 210 Å². The number of nitrogens with one attached hydrogen (secondary N) is 1. The number of ether oxygens (including phenoxy) is 1. The number of carbonyl (C=O) groups excluding carboxylic acids is 2. The number of benzene rings is 3. The van der Waals surface area contributed by atoms with Gasteiger partial charge in [-0.1, -0.05) is 49.4 Å². The van der Waals surface area contributed by atoms with Crippen LogP contribution in [0, 0.1) is 11.7 Å². The van der Waals surface area contributed by atoms with Crippen LogP contribution in [-0.4, -0.2) is 47.5 Å². The van der Waals surface area contributed by atoms with E-state index in [1.54, 1.807) is 24.3 Å². The van der Waals surface area contributed by atoms with Crippen LogP contribution in [0.3, 0.4) is 0 Å². The summed E-state index contributed by atoms with van der Waals surface area (Å²) in [5, 5.41) is 12.9. The number of anilines is 1. The number of phenols is 1. The fourth-order valence-corrected chi connectivity index (χ4v) is 4.60. The third-order valence-electron chi connectivity index (χ3n) is 6.63. The first-order valence-electron chi connectivity index (χ1n) is 12.2. The number of ketones is 1. The maximum atomic E-state index is 13.5. The Morgan fingerprint density at radius 1 is 1.08 bits per heavy atom. The zero-order chi connectivity index (χ0) is 25.5. The topological polar surface area (TPSA) is 78.9 Å². The minimum absolute atomic E-state index is 0.0537. The van der Waals surface area contributed by atoms with Gasteiger partial charge < -0.3 is 15.2 Å². The van der Waals surface area contributed by atoms with E-state index in [0.717, 1.165) is 24.9 Å². The van der Waals surface area contributed by atoms with Crippen LogP contribution in [-0.2, 0) is 9.53 Å². The first-order valence-corrected chi connectivity index (χ1v) is 12.2. The molecule has 0 aliphatic carbocycles. The van der Waals surface area contributed by atoms with Gasteiger partial charge in [0, 0.05) is 17.8 Å². The second kappa shape index (κ2) is 11.8. The Hall–Kier alpha value is -3.71. The highest BCUT2D eigenvalue weighted by Crippen LogP contribution is 2.28. The van der Waals surface area contributed by atoms with Crippen molar-refractivity contribution in [1.82, 2.24) is 4.90 Å². The van der Waals surface area contributed by atoms with Crippen molar-refractivity contribution in [2.24, 2.45) is 5.92 Å². The van der Waals surface area contributed by atoms with E-state index in [0.29, 0.717) is 17.8 Å². The molecular weight excluding hydrogens is 459 g/mol. The molecule has 0 amide bonds. The molecule has 1 aliphatic heterocycles. The predicted octanol–water partition coefficient (Wildman–Crippen LogP) is 5.21. The quantitative estimate of drug-likeness (QED) is 0.317. The van der Waals surface area contributed by atoms with Crippen molar-refractivity contribution in [3.8, 4) is 5.75 Å². The molecule has 1 aliphatic rings. The predicted molar refractivity (Wildman–Crippen MR) is 136 cm³/mol. The van der Waals surface area contributed by atoms with E-state index in [-0.39, 0.29) is 35.9 Å². The number of hydrogen-bond donors (Lipinski definition) is 2. The van der Waals surface area contributed by atoms with Gasteiger partial charge in [0.25, 0.3) is 0 Å². The van der Waals surface area contributed by atoms with Gasteiger partial charge in [-0.2, -0.15) is 0 Å². The standard InChI is InChI=1S/C29H31FN2O4/c1-2-20-15-16-32(18-26(34)22-9-6-10-25(33)17-22)19-27(20)36-29(35)28(21-7-4-3-5-8-21)31-24-13-11-23(30)12-14-24/h3-14,17,20,27-28,31,33H,2,15-16,18-19H2,1H3. The van der Waals surface area contributed by atoms with Crippen molar-refractivity contribution < 1.29 is 23.8 Å². The minimum Gasteiger partial charge on any atom is -0.508 e. The number of piperidine rings is 1. The van der Waals surface area contributed by atoms with Crippen LogP contribution in [0.15, 0.2) is 78.9 Å². The SMILES string of the molecule is CCC1CCN(CC(=O)c2cccc(O)c2)CC1OC(=O)C(Nc1ccc(F)cc1)c1ccccc1. The fraction of sp³-hybridized carbons (Fsp3) is 0.310. The summed E-state index contributed by atoms with van der Waals surface area (Å²) < 4.78 is 19.5. The Balaban J connectivity index is 1.47. The van der Waals surface area contributed by atoms with Crippen LogP contribution in [0.2, 0.25) is 0 Å². The summed E-state index contributed by atoms with van der Waals surface area (Å²) in [6.07, 6.45) is 1.30. The van der Waals surface area contributed by atoms with E-state index in [2.05, 4.69) is 12.2 Å². The molecule has 0 radical (unpaired) electrons. The lowest BCUT2D eigenvalue weighted by molar-refractivity contribution is -0.156. The zero-order valence-electron chi connectivity index (χ0n) is 20.3. The van der Waals surface area contributed by atoms with Gasteiger partial charge in [-0.05, 0) is 67.3 Å². The van der Waals surface area contributed by atoms with E-state index in [9.17, 15) is 19.1 Å². The summed E-state index contributed by atoms with van der Waals surface area (Å²) in [6, 6.07) is 20.7. The second-order valence-electron chi connectivity index (χ2n) is 9.14. The maximum Gasteiger partial charge on any atom is 0.333 e. The summed E-state index contributed by atoms with van der Waals surface area (Å²) in [5.41, 5.74) is 1.80. The number of aromatic hydroxyl groups is 1. The van der Waals surface area contributed by atoms with E-state index in [1.807, 2.05) is 35.2 Å². The number of carbonyl (C=O) groups is 2. The summed E-state index contributed by atoms with van der Waals surface area (Å²) in [5.74, 6) is -0.629. The molecule has 4 rings (SSSR count). The molecule has 1 heterocycles. The summed E-state index contributed by atoms with van der Waals surface area (Å²) in [7, 11) is 0. The molecule has 0 spiro atoms. The molecule has 1 saturated heterocycles. The molecule has 3 unspecified atom stereocenters. The molecule has 3 atom stereocenters. The number of likely N-dealkylation sites (tertiary alicyclic amines) is 1. The second-order valence-corrected chi connectivity index (χ2v) is 9.14. The molecule has 0 aromatic heterocycles. The van der Waals surface area contributed by atoms with Crippen LogP contribution in [0.4, 0.5) is 10.1 Å². The minimum atomic E-state index is -0.765. The van der Waals surface area contributed by atoms with Crippen molar-refractivity contribution in [3.05, 3.63) is 95.8 Å². The lowest BCUT2D eigenvalue weighted by Crippen LogP contribution is -2.48. The van der Waals surface area contributed by atoms with Gasteiger partial charge in [-0.25, -0.2) is 9.18 Å². The summed E-state index contributed by atoms with van der Waals surface area (Å²) in [6.45, 7) is 3.44. The monoisotopic (exact) mass is 490 g/mol. The van der Waals surface area contributed by atoms with Crippen molar-refractivity contribution in [1.29, 1.82) is 0 Å². The lowest BCUT2D eigenvalue weighted by Gasteiger charge is -2.38. The van der Waals surface area contributed by atoms with E-state index in [4.69, 9.17) is 4.74 Å². The van der Waals surface area contributed by atoms with Crippen LogP contribution in [0.5, 0.6) is 5.75 Å². The lowest BCUT2D eigenvalue weighted by atomic mass is 9.91. The number of hydrogen-bond acceptors (Lipinski definition) is 6. The first-order chi connectivity index (χ1) is 17.4. The van der Waals surface area contributed by atoms with Crippen molar-refractivity contribution in [2.75, 3.05) is 25.0 Å². The van der Waals surface area contributed by atoms with Gasteiger partial charge in [0.15, 0.2) is 11.8 Å². The highest BCUT2D eigenvalue weighted by molar-refractivity contribution is 5.97. The van der Waals surface area contributed by atoms with Gasteiger partial charge in [0.2, 0.25) is 0 Å². The van der Waals surface area contributed by atoms with Crippen LogP contribution >= 0.6 is 0 Å². The van der Waals surface area contributed by atoms with Gasteiger partial charge in [0.05, 0.1) is 6.54 Å². The first kappa shape index (κ1) is 25.4. The van der Waals surface area contributed by atoms with E-state index >= 15 is 0 Å². The molecule has 188 valence electrons. The smallest absolute Gasteiger partial charge is 0.333 e. The van der Waals surface area contributed by atoms with Gasteiger partial charge in [-0.3, -0.25) is 9.69 Å². The number of Topliss-reactive ketones (excluding diaryl/α,β-unsaturated/α-hetero) is 1. The van der Waals surface area contributed by atoms with Gasteiger partial charge in [-0.15, -0.1) is 0 Å². The van der Waals surface area contributed by atoms with E-state index in [1.165, 1.54) is 24.3 Å². The highest BCUT2D eigenvalue weighted by Gasteiger charge is 2.34. The average Bonchev–Trinajstić information content (AvgIpc) is 2.89. The molecule has 3 aromatic rings. The number of nitrogens with zero attached hydrogens (tertiary/aromatic N) is 1. The van der Waals surface area contributed by atoms with Crippen LogP contribution in [0.25, 0.3) is 0 Å². The summed E-state index contributed by atoms with van der Waals surface area (Å²) >= 11 is 0. The zero-order valence-corrected chi connectivity index (χ0v) is 20.3. The van der Waals surface area contributed by atoms with E-state index < -0.39 is 12.0 Å². The highest BCUT2D eigenvalue weighted by atomic mass is 19.1. The molecule has 2 N–H and O–H groups in total. The number of rotatable bonds is 9. The molecule has 3 aromatic carbocycles. The third-order valence-corrected chi connectivity index (χ3v) is 6.63. The van der Waals surface area contributed by atoms with Crippen LogP contribution < -0.4 is 5.32 Å². The molecule has 6 nitrogen and oxygen atoms in total. The maximum absolute atomic E-state index is 13.5. The van der Waals surface area contributed by atoms with Crippen LogP contribution in [0.1, 0.15) is 41.7 Å². The van der Waals surface area contributed by atoms with Crippen molar-refractivity contribution >= 4 is 17.4 Å². The number of halogens is 1. The van der Waals surface area contributed by atoms with Gasteiger partial charge >= 0.3 is 5.97 Å². The Morgan fingerprint density at radius 3 is 2.53 bits per heavy atom.